The summed E-state index contributed by atoms with van der Waals surface area (Å²) < 4.78 is 13.5. The summed E-state index contributed by atoms with van der Waals surface area (Å²) in [6.07, 6.45) is 0.957. The van der Waals surface area contributed by atoms with Gasteiger partial charge in [0.1, 0.15) is 11.6 Å². The molecule has 1 heterocycles. The monoisotopic (exact) mass is 339 g/mol. The van der Waals surface area contributed by atoms with E-state index in [1.54, 1.807) is 19.1 Å². The molecule has 0 saturated carbocycles. The van der Waals surface area contributed by atoms with E-state index in [9.17, 15) is 9.18 Å². The lowest BCUT2D eigenvalue weighted by Crippen LogP contribution is -2.12. The lowest BCUT2D eigenvalue weighted by molar-refractivity contribution is -0.116. The van der Waals surface area contributed by atoms with Crippen molar-refractivity contribution in [3.63, 3.8) is 0 Å². The Morgan fingerprint density at radius 3 is 2.76 bits per heavy atom. The molecule has 4 nitrogen and oxygen atoms in total. The van der Waals surface area contributed by atoms with Crippen LogP contribution in [0, 0.1) is 12.7 Å². The zero-order chi connectivity index (χ0) is 18.0. The van der Waals surface area contributed by atoms with E-state index in [1.807, 2.05) is 18.2 Å². The van der Waals surface area contributed by atoms with Crippen molar-refractivity contribution in [1.29, 1.82) is 0 Å². The summed E-state index contributed by atoms with van der Waals surface area (Å²) in [6, 6.07) is 10.7. The number of carbonyl (C=O) groups excluding carboxylic acids is 1. The average Bonchev–Trinajstić information content (AvgIpc) is 3.00. The molecule has 0 saturated heterocycles. The number of hydrogen-bond acceptors (Lipinski definition) is 2. The van der Waals surface area contributed by atoms with Gasteiger partial charge in [0, 0.05) is 18.0 Å². The molecule has 0 unspecified atom stereocenters. The molecule has 1 amide bonds. The number of fused-ring (bicyclic) bond motifs is 1. The Hall–Kier alpha value is -2.69. The van der Waals surface area contributed by atoms with Crippen LogP contribution in [0.15, 0.2) is 36.4 Å². The predicted octanol–water partition coefficient (Wildman–Crippen LogP) is 4.71. The van der Waals surface area contributed by atoms with Crippen molar-refractivity contribution >= 4 is 22.6 Å². The van der Waals surface area contributed by atoms with E-state index in [0.29, 0.717) is 30.0 Å². The molecular weight excluding hydrogens is 317 g/mol. The molecule has 0 radical (unpaired) electrons. The number of imidazole rings is 1. The Labute approximate surface area is 146 Å². The summed E-state index contributed by atoms with van der Waals surface area (Å²) in [7, 11) is 0. The highest BCUT2D eigenvalue weighted by Crippen LogP contribution is 2.19. The molecule has 3 rings (SSSR count). The number of anilines is 1. The van der Waals surface area contributed by atoms with Crippen molar-refractivity contribution in [2.24, 2.45) is 0 Å². The summed E-state index contributed by atoms with van der Waals surface area (Å²) in [5.74, 6) is 0.863. The van der Waals surface area contributed by atoms with Crippen molar-refractivity contribution in [3.8, 4) is 0 Å². The highest BCUT2D eigenvalue weighted by atomic mass is 19.1. The number of hydrogen-bond donors (Lipinski definition) is 2. The number of aryl methyl sites for hydroxylation is 2. The molecule has 0 aliphatic rings. The maximum atomic E-state index is 13.5. The summed E-state index contributed by atoms with van der Waals surface area (Å²) in [5, 5.41) is 2.74. The lowest BCUT2D eigenvalue weighted by atomic mass is 10.1. The van der Waals surface area contributed by atoms with Crippen LogP contribution in [-0.2, 0) is 11.2 Å². The molecular formula is C20H22FN3O. The second-order valence-electron chi connectivity index (χ2n) is 6.64. The third-order valence-corrected chi connectivity index (χ3v) is 4.21. The molecule has 0 aliphatic heterocycles. The van der Waals surface area contributed by atoms with Crippen molar-refractivity contribution < 1.29 is 9.18 Å². The number of amides is 1. The maximum absolute atomic E-state index is 13.5. The second kappa shape index (κ2) is 7.05. The largest absolute Gasteiger partial charge is 0.342 e. The van der Waals surface area contributed by atoms with Gasteiger partial charge in [0.25, 0.3) is 0 Å². The van der Waals surface area contributed by atoms with Crippen LogP contribution >= 0.6 is 0 Å². The first kappa shape index (κ1) is 17.1. The van der Waals surface area contributed by atoms with Gasteiger partial charge in [-0.3, -0.25) is 4.79 Å². The van der Waals surface area contributed by atoms with Gasteiger partial charge in [0.2, 0.25) is 5.91 Å². The number of halogens is 1. The van der Waals surface area contributed by atoms with Crippen molar-refractivity contribution in [2.75, 3.05) is 5.32 Å². The van der Waals surface area contributed by atoms with Gasteiger partial charge < -0.3 is 10.3 Å². The van der Waals surface area contributed by atoms with E-state index in [2.05, 4.69) is 29.1 Å². The maximum Gasteiger partial charge on any atom is 0.224 e. The minimum atomic E-state index is -0.316. The van der Waals surface area contributed by atoms with Crippen LogP contribution < -0.4 is 5.32 Å². The Morgan fingerprint density at radius 1 is 1.24 bits per heavy atom. The minimum Gasteiger partial charge on any atom is -0.342 e. The van der Waals surface area contributed by atoms with Crippen LogP contribution in [-0.4, -0.2) is 15.9 Å². The smallest absolute Gasteiger partial charge is 0.224 e. The summed E-state index contributed by atoms with van der Waals surface area (Å²) in [6.45, 7) is 5.88. The summed E-state index contributed by atoms with van der Waals surface area (Å²) in [4.78, 5) is 20.0. The topological polar surface area (TPSA) is 57.8 Å². The SMILES string of the molecule is Cc1ccc(NC(=O)CCc2ccc3nc(C(C)C)[nH]c3c2)cc1F. The Bertz CT molecular complexity index is 914. The number of rotatable bonds is 5. The van der Waals surface area contributed by atoms with Crippen LogP contribution in [0.1, 0.15) is 43.1 Å². The second-order valence-corrected chi connectivity index (χ2v) is 6.64. The van der Waals surface area contributed by atoms with Crippen molar-refractivity contribution in [1.82, 2.24) is 9.97 Å². The van der Waals surface area contributed by atoms with Gasteiger partial charge in [0.15, 0.2) is 0 Å². The highest BCUT2D eigenvalue weighted by molar-refractivity contribution is 5.91. The summed E-state index contributed by atoms with van der Waals surface area (Å²) >= 11 is 0. The van der Waals surface area contributed by atoms with Crippen LogP contribution in [0.3, 0.4) is 0 Å². The fraction of sp³-hybridized carbons (Fsp3) is 0.300. The number of nitrogens with one attached hydrogen (secondary N) is 2. The third-order valence-electron chi connectivity index (χ3n) is 4.21. The number of carbonyl (C=O) groups is 1. The molecule has 0 bridgehead atoms. The van der Waals surface area contributed by atoms with Gasteiger partial charge in [-0.25, -0.2) is 9.37 Å². The Kier molecular flexibility index (Phi) is 4.83. The third kappa shape index (κ3) is 4.05. The van der Waals surface area contributed by atoms with Gasteiger partial charge in [-0.15, -0.1) is 0 Å². The predicted molar refractivity (Wildman–Crippen MR) is 98.3 cm³/mol. The molecule has 1 aromatic heterocycles. The van der Waals surface area contributed by atoms with Gasteiger partial charge >= 0.3 is 0 Å². The molecule has 0 aliphatic carbocycles. The van der Waals surface area contributed by atoms with Gasteiger partial charge in [-0.2, -0.15) is 0 Å². The fourth-order valence-corrected chi connectivity index (χ4v) is 2.66. The van der Waals surface area contributed by atoms with E-state index in [-0.39, 0.29) is 11.7 Å². The van der Waals surface area contributed by atoms with Crippen molar-refractivity contribution in [3.05, 3.63) is 59.2 Å². The average molecular weight is 339 g/mol. The highest BCUT2D eigenvalue weighted by Gasteiger charge is 2.09. The quantitative estimate of drug-likeness (QED) is 0.707. The van der Waals surface area contributed by atoms with Gasteiger partial charge in [-0.05, 0) is 48.7 Å². The number of aromatic nitrogens is 2. The zero-order valence-electron chi connectivity index (χ0n) is 14.7. The zero-order valence-corrected chi connectivity index (χ0v) is 14.7. The molecule has 0 atom stereocenters. The Balaban J connectivity index is 1.63. The van der Waals surface area contributed by atoms with Crippen LogP contribution in [0.25, 0.3) is 11.0 Å². The molecule has 25 heavy (non-hydrogen) atoms. The standard InChI is InChI=1S/C20H22FN3O/c1-12(2)20-23-17-8-5-14(10-18(17)24-20)6-9-19(25)22-15-7-4-13(3)16(21)11-15/h4-5,7-8,10-12H,6,9H2,1-3H3,(H,22,25)(H,23,24). The van der Waals surface area contributed by atoms with E-state index < -0.39 is 0 Å². The first-order chi connectivity index (χ1) is 11.9. The van der Waals surface area contributed by atoms with E-state index >= 15 is 0 Å². The van der Waals surface area contributed by atoms with Crippen LogP contribution in [0.4, 0.5) is 10.1 Å². The fourth-order valence-electron chi connectivity index (χ4n) is 2.66. The molecule has 2 aromatic carbocycles. The number of aromatic amines is 1. The van der Waals surface area contributed by atoms with E-state index in [4.69, 9.17) is 0 Å². The van der Waals surface area contributed by atoms with Crippen LogP contribution in [0.2, 0.25) is 0 Å². The van der Waals surface area contributed by atoms with E-state index in [0.717, 1.165) is 22.4 Å². The molecule has 3 aromatic rings. The lowest BCUT2D eigenvalue weighted by Gasteiger charge is -2.06. The van der Waals surface area contributed by atoms with Gasteiger partial charge in [-0.1, -0.05) is 26.0 Å². The number of nitrogens with zero attached hydrogens (tertiary/aromatic N) is 1. The molecule has 5 heteroatoms. The molecule has 130 valence electrons. The van der Waals surface area contributed by atoms with Crippen LogP contribution in [0.5, 0.6) is 0 Å². The molecule has 0 fully saturated rings. The first-order valence-electron chi connectivity index (χ1n) is 8.47. The molecule has 0 spiro atoms. The van der Waals surface area contributed by atoms with Gasteiger partial charge in [0.05, 0.1) is 11.0 Å². The normalized spacial score (nSPS) is 11.2. The van der Waals surface area contributed by atoms with Crippen molar-refractivity contribution in [2.45, 2.75) is 39.5 Å². The summed E-state index contributed by atoms with van der Waals surface area (Å²) in [5.41, 5.74) is 4.04. The Morgan fingerprint density at radius 2 is 2.04 bits per heavy atom. The number of H-pyrrole nitrogens is 1. The minimum absolute atomic E-state index is 0.129. The van der Waals surface area contributed by atoms with E-state index in [1.165, 1.54) is 6.07 Å². The number of benzene rings is 2. The molecule has 2 N–H and O–H groups in total. The first-order valence-corrected chi connectivity index (χ1v) is 8.47.